The fourth-order valence-electron chi connectivity index (χ4n) is 2.71. The van der Waals surface area contributed by atoms with Gasteiger partial charge in [0.25, 0.3) is 0 Å². The SMILES string of the molecule is CCCC(c1cccs1)N1CC(C)NCC1C. The number of nitrogens with zero attached hydrogens (tertiary/aromatic N) is 1. The number of nitrogens with one attached hydrogen (secondary N) is 1. The molecule has 1 aromatic heterocycles. The molecule has 1 aromatic rings. The number of hydrogen-bond donors (Lipinski definition) is 1. The van der Waals surface area contributed by atoms with Crippen LogP contribution in [0.15, 0.2) is 17.5 Å². The molecule has 3 unspecified atom stereocenters. The smallest absolute Gasteiger partial charge is 0.0445 e. The predicted octanol–water partition coefficient (Wildman–Crippen LogP) is 3.27. The van der Waals surface area contributed by atoms with Crippen LogP contribution in [0.5, 0.6) is 0 Å². The minimum absolute atomic E-state index is 0.616. The monoisotopic (exact) mass is 252 g/mol. The molecule has 1 aliphatic rings. The highest BCUT2D eigenvalue weighted by Crippen LogP contribution is 2.31. The molecular formula is C14H24N2S. The molecule has 1 fully saturated rings. The summed E-state index contributed by atoms with van der Waals surface area (Å²) in [5.74, 6) is 0. The first-order chi connectivity index (χ1) is 8.22. The van der Waals surface area contributed by atoms with E-state index in [1.165, 1.54) is 24.3 Å². The largest absolute Gasteiger partial charge is 0.311 e. The molecule has 2 nitrogen and oxygen atoms in total. The Morgan fingerprint density at radius 1 is 1.53 bits per heavy atom. The Balaban J connectivity index is 2.14. The van der Waals surface area contributed by atoms with Gasteiger partial charge in [0.2, 0.25) is 0 Å². The lowest BCUT2D eigenvalue weighted by Crippen LogP contribution is -2.55. The maximum Gasteiger partial charge on any atom is 0.0445 e. The van der Waals surface area contributed by atoms with Crippen LogP contribution in [0.2, 0.25) is 0 Å². The van der Waals surface area contributed by atoms with Crippen LogP contribution in [0.25, 0.3) is 0 Å². The molecular weight excluding hydrogens is 228 g/mol. The average Bonchev–Trinajstić information content (AvgIpc) is 2.83. The van der Waals surface area contributed by atoms with E-state index < -0.39 is 0 Å². The minimum atomic E-state index is 0.616. The van der Waals surface area contributed by atoms with Crippen molar-refractivity contribution in [1.29, 1.82) is 0 Å². The summed E-state index contributed by atoms with van der Waals surface area (Å²) in [6.07, 6.45) is 2.53. The van der Waals surface area contributed by atoms with E-state index in [0.717, 1.165) is 6.54 Å². The molecule has 0 radical (unpaired) electrons. The first-order valence-electron chi connectivity index (χ1n) is 6.75. The van der Waals surface area contributed by atoms with Gasteiger partial charge in [0.15, 0.2) is 0 Å². The Kier molecular flexibility index (Phi) is 4.60. The maximum atomic E-state index is 3.57. The molecule has 0 bridgehead atoms. The summed E-state index contributed by atoms with van der Waals surface area (Å²) in [5.41, 5.74) is 0. The number of piperazine rings is 1. The van der Waals surface area contributed by atoms with E-state index in [1.807, 2.05) is 11.3 Å². The van der Waals surface area contributed by atoms with Crippen molar-refractivity contribution in [2.75, 3.05) is 13.1 Å². The average molecular weight is 252 g/mol. The third-order valence-corrected chi connectivity index (χ3v) is 4.62. The van der Waals surface area contributed by atoms with Gasteiger partial charge in [-0.1, -0.05) is 19.4 Å². The van der Waals surface area contributed by atoms with Gasteiger partial charge in [-0.3, -0.25) is 4.90 Å². The number of rotatable bonds is 4. The molecule has 0 aliphatic carbocycles. The van der Waals surface area contributed by atoms with Crippen LogP contribution in [0, 0.1) is 0 Å². The second-order valence-corrected chi connectivity index (χ2v) is 6.15. The molecule has 2 rings (SSSR count). The first kappa shape index (κ1) is 13.1. The van der Waals surface area contributed by atoms with E-state index in [2.05, 4.69) is 48.5 Å². The molecule has 0 spiro atoms. The normalized spacial score (nSPS) is 28.2. The summed E-state index contributed by atoms with van der Waals surface area (Å²) in [4.78, 5) is 4.23. The Morgan fingerprint density at radius 3 is 3.00 bits per heavy atom. The van der Waals surface area contributed by atoms with Gasteiger partial charge in [-0.2, -0.15) is 0 Å². The molecule has 1 saturated heterocycles. The summed E-state index contributed by atoms with van der Waals surface area (Å²) < 4.78 is 0. The van der Waals surface area contributed by atoms with Gasteiger partial charge in [-0.05, 0) is 31.7 Å². The lowest BCUT2D eigenvalue weighted by Gasteiger charge is -2.42. The number of hydrogen-bond acceptors (Lipinski definition) is 3. The van der Waals surface area contributed by atoms with Crippen LogP contribution in [0.3, 0.4) is 0 Å². The second kappa shape index (κ2) is 5.98. The lowest BCUT2D eigenvalue weighted by molar-refractivity contribution is 0.0908. The van der Waals surface area contributed by atoms with Crippen molar-refractivity contribution in [2.24, 2.45) is 0 Å². The van der Waals surface area contributed by atoms with E-state index >= 15 is 0 Å². The summed E-state index contributed by atoms with van der Waals surface area (Å²) in [5, 5.41) is 5.77. The third kappa shape index (κ3) is 3.09. The maximum absolute atomic E-state index is 3.57. The van der Waals surface area contributed by atoms with Crippen LogP contribution in [0.1, 0.15) is 44.5 Å². The fourth-order valence-corrected chi connectivity index (χ4v) is 3.59. The molecule has 1 N–H and O–H groups in total. The van der Waals surface area contributed by atoms with Gasteiger partial charge in [0.1, 0.15) is 0 Å². The van der Waals surface area contributed by atoms with Crippen LogP contribution in [-0.4, -0.2) is 30.1 Å². The zero-order valence-electron chi connectivity index (χ0n) is 11.1. The van der Waals surface area contributed by atoms with Crippen LogP contribution in [0.4, 0.5) is 0 Å². The highest BCUT2D eigenvalue weighted by molar-refractivity contribution is 7.10. The molecule has 17 heavy (non-hydrogen) atoms. The van der Waals surface area contributed by atoms with Crippen LogP contribution in [-0.2, 0) is 0 Å². The van der Waals surface area contributed by atoms with Crippen LogP contribution < -0.4 is 5.32 Å². The summed E-state index contributed by atoms with van der Waals surface area (Å²) in [6, 6.07) is 6.36. The summed E-state index contributed by atoms with van der Waals surface area (Å²) in [6.45, 7) is 9.21. The highest BCUT2D eigenvalue weighted by atomic mass is 32.1. The molecule has 0 aromatic carbocycles. The Labute approximate surface area is 109 Å². The van der Waals surface area contributed by atoms with Crippen molar-refractivity contribution < 1.29 is 0 Å². The van der Waals surface area contributed by atoms with Gasteiger partial charge in [-0.25, -0.2) is 0 Å². The van der Waals surface area contributed by atoms with Crippen LogP contribution >= 0.6 is 11.3 Å². The third-order valence-electron chi connectivity index (χ3n) is 3.65. The van der Waals surface area contributed by atoms with E-state index in [-0.39, 0.29) is 0 Å². The molecule has 3 heteroatoms. The molecule has 0 saturated carbocycles. The highest BCUT2D eigenvalue weighted by Gasteiger charge is 2.29. The van der Waals surface area contributed by atoms with Gasteiger partial charge in [-0.15, -0.1) is 11.3 Å². The van der Waals surface area contributed by atoms with Crippen molar-refractivity contribution in [2.45, 2.75) is 51.7 Å². The van der Waals surface area contributed by atoms with E-state index in [4.69, 9.17) is 0 Å². The lowest BCUT2D eigenvalue weighted by atomic mass is 10.0. The summed E-state index contributed by atoms with van der Waals surface area (Å²) in [7, 11) is 0. The van der Waals surface area contributed by atoms with Gasteiger partial charge in [0, 0.05) is 36.1 Å². The van der Waals surface area contributed by atoms with Crippen molar-refractivity contribution in [3.8, 4) is 0 Å². The van der Waals surface area contributed by atoms with Gasteiger partial charge in [0.05, 0.1) is 0 Å². The van der Waals surface area contributed by atoms with Crippen molar-refractivity contribution in [3.63, 3.8) is 0 Å². The van der Waals surface area contributed by atoms with Gasteiger partial charge >= 0.3 is 0 Å². The Bertz CT molecular complexity index is 323. The first-order valence-corrected chi connectivity index (χ1v) is 7.62. The van der Waals surface area contributed by atoms with Crippen molar-refractivity contribution in [3.05, 3.63) is 22.4 Å². The minimum Gasteiger partial charge on any atom is -0.311 e. The topological polar surface area (TPSA) is 15.3 Å². The zero-order chi connectivity index (χ0) is 12.3. The Hall–Kier alpha value is -0.380. The molecule has 96 valence electrons. The van der Waals surface area contributed by atoms with Crippen molar-refractivity contribution >= 4 is 11.3 Å². The standard InChI is InChI=1S/C14H24N2S/c1-4-6-13(14-7-5-8-17-14)16-10-11(2)15-9-12(16)3/h5,7-8,11-13,15H,4,6,9-10H2,1-3H3. The van der Waals surface area contributed by atoms with E-state index in [9.17, 15) is 0 Å². The number of thiophene rings is 1. The van der Waals surface area contributed by atoms with E-state index in [0.29, 0.717) is 18.1 Å². The summed E-state index contributed by atoms with van der Waals surface area (Å²) >= 11 is 1.91. The molecule has 0 amide bonds. The molecule has 3 atom stereocenters. The quantitative estimate of drug-likeness (QED) is 0.885. The second-order valence-electron chi connectivity index (χ2n) is 5.18. The Morgan fingerprint density at radius 2 is 2.35 bits per heavy atom. The fraction of sp³-hybridized carbons (Fsp3) is 0.714. The van der Waals surface area contributed by atoms with Crippen molar-refractivity contribution in [1.82, 2.24) is 10.2 Å². The molecule has 2 heterocycles. The van der Waals surface area contributed by atoms with E-state index in [1.54, 1.807) is 0 Å². The predicted molar refractivity (Wildman–Crippen MR) is 75.6 cm³/mol. The zero-order valence-corrected chi connectivity index (χ0v) is 12.0. The van der Waals surface area contributed by atoms with Gasteiger partial charge < -0.3 is 5.32 Å². The molecule has 1 aliphatic heterocycles.